The number of fused-ring (bicyclic) bond motifs is 1. The van der Waals surface area contributed by atoms with Crippen molar-refractivity contribution < 1.29 is 19.0 Å². The molecule has 0 bridgehead atoms. The summed E-state index contributed by atoms with van der Waals surface area (Å²) in [4.78, 5) is 22.7. The number of carbonyl (C=O) groups excluding carboxylic acids is 1. The van der Waals surface area contributed by atoms with Crippen LogP contribution in [0, 0.1) is 0 Å². The van der Waals surface area contributed by atoms with E-state index in [0.717, 1.165) is 29.7 Å². The number of nitrogens with zero attached hydrogens (tertiary/aromatic N) is 3. The van der Waals surface area contributed by atoms with Crippen molar-refractivity contribution in [3.8, 4) is 17.2 Å². The fourth-order valence-corrected chi connectivity index (χ4v) is 3.40. The number of rotatable bonds is 7. The molecule has 0 spiro atoms. The van der Waals surface area contributed by atoms with E-state index in [1.165, 1.54) is 6.33 Å². The molecule has 2 N–H and O–H groups in total. The van der Waals surface area contributed by atoms with Gasteiger partial charge in [-0.05, 0) is 30.3 Å². The molecule has 0 atom stereocenters. The number of hydrogen-bond donors (Lipinski definition) is 2. The molecule has 3 aromatic rings. The number of benzene rings is 2. The minimum atomic E-state index is 0.000493. The summed E-state index contributed by atoms with van der Waals surface area (Å²) in [5.74, 6) is 2.49. The second-order valence-corrected chi connectivity index (χ2v) is 7.02. The average Bonchev–Trinajstić information content (AvgIpc) is 2.83. The Labute approximate surface area is 180 Å². The molecule has 1 fully saturated rings. The molecule has 162 valence electrons. The molecule has 0 saturated carbocycles. The van der Waals surface area contributed by atoms with Gasteiger partial charge in [-0.25, -0.2) is 9.97 Å². The van der Waals surface area contributed by atoms with Gasteiger partial charge >= 0.3 is 0 Å². The van der Waals surface area contributed by atoms with Gasteiger partial charge in [0.25, 0.3) is 5.91 Å². The van der Waals surface area contributed by atoms with Crippen LogP contribution in [0.4, 0.5) is 11.5 Å². The Morgan fingerprint density at radius 2 is 1.77 bits per heavy atom. The molecule has 2 heterocycles. The highest BCUT2D eigenvalue weighted by atomic mass is 16.5. The van der Waals surface area contributed by atoms with Crippen molar-refractivity contribution in [2.75, 3.05) is 52.3 Å². The van der Waals surface area contributed by atoms with Gasteiger partial charge in [0.15, 0.2) is 18.1 Å². The van der Waals surface area contributed by atoms with Gasteiger partial charge in [0, 0.05) is 43.3 Å². The van der Waals surface area contributed by atoms with E-state index < -0.39 is 0 Å². The summed E-state index contributed by atoms with van der Waals surface area (Å²) in [6.45, 7) is 3.11. The summed E-state index contributed by atoms with van der Waals surface area (Å²) in [5, 5.41) is 7.33. The number of methoxy groups -OCH3 is 2. The standard InChI is InChI=1S/C22H25N5O4/c1-29-19-11-17-18(12-20(19)30-2)24-14-25-22(17)26-15-3-5-16(6-4-15)31-13-21(28)27-9-7-23-8-10-27/h3-6,11-12,14,23H,7-10,13H2,1-2H3,(H,24,25,26). The van der Waals surface area contributed by atoms with Gasteiger partial charge in [-0.15, -0.1) is 0 Å². The lowest BCUT2D eigenvalue weighted by atomic mass is 10.2. The molecule has 31 heavy (non-hydrogen) atoms. The summed E-state index contributed by atoms with van der Waals surface area (Å²) < 4.78 is 16.4. The smallest absolute Gasteiger partial charge is 0.260 e. The molecule has 4 rings (SSSR count). The predicted octanol–water partition coefficient (Wildman–Crippen LogP) is 2.20. The molecule has 9 heteroatoms. The molecule has 9 nitrogen and oxygen atoms in total. The Bertz CT molecular complexity index is 1050. The lowest BCUT2D eigenvalue weighted by molar-refractivity contribution is -0.133. The third-order valence-corrected chi connectivity index (χ3v) is 5.09. The fraction of sp³-hybridized carbons (Fsp3) is 0.318. The highest BCUT2D eigenvalue weighted by Crippen LogP contribution is 2.34. The number of ether oxygens (including phenoxy) is 3. The van der Waals surface area contributed by atoms with Gasteiger partial charge in [-0.2, -0.15) is 0 Å². The SMILES string of the molecule is COc1cc2ncnc(Nc3ccc(OCC(=O)N4CCNCC4)cc3)c2cc1OC. The lowest BCUT2D eigenvalue weighted by Gasteiger charge is -2.27. The number of amides is 1. The summed E-state index contributed by atoms with van der Waals surface area (Å²) in [7, 11) is 3.18. The van der Waals surface area contributed by atoms with Crippen LogP contribution < -0.4 is 24.8 Å². The molecule has 1 aliphatic rings. The Morgan fingerprint density at radius 1 is 1.06 bits per heavy atom. The zero-order valence-corrected chi connectivity index (χ0v) is 17.6. The molecular weight excluding hydrogens is 398 g/mol. The quantitative estimate of drug-likeness (QED) is 0.597. The maximum Gasteiger partial charge on any atom is 0.260 e. The van der Waals surface area contributed by atoms with Crippen molar-refractivity contribution in [3.05, 3.63) is 42.7 Å². The Morgan fingerprint density at radius 3 is 2.48 bits per heavy atom. The number of hydrogen-bond acceptors (Lipinski definition) is 8. The minimum absolute atomic E-state index is 0.000493. The molecule has 1 saturated heterocycles. The van der Waals surface area contributed by atoms with Crippen LogP contribution in [0.5, 0.6) is 17.2 Å². The van der Waals surface area contributed by atoms with Crippen LogP contribution in [0.1, 0.15) is 0 Å². The second-order valence-electron chi connectivity index (χ2n) is 7.02. The highest BCUT2D eigenvalue weighted by molar-refractivity contribution is 5.93. The van der Waals surface area contributed by atoms with Crippen molar-refractivity contribution >= 4 is 28.3 Å². The first-order valence-electron chi connectivity index (χ1n) is 10.0. The van der Waals surface area contributed by atoms with E-state index in [4.69, 9.17) is 14.2 Å². The van der Waals surface area contributed by atoms with Crippen LogP contribution in [-0.4, -0.2) is 67.8 Å². The Balaban J connectivity index is 1.44. The molecule has 0 aliphatic carbocycles. The lowest BCUT2D eigenvalue weighted by Crippen LogP contribution is -2.47. The Hall–Kier alpha value is -3.59. The maximum atomic E-state index is 12.2. The number of carbonyl (C=O) groups is 1. The first-order valence-corrected chi connectivity index (χ1v) is 10.0. The molecular formula is C22H25N5O4. The highest BCUT2D eigenvalue weighted by Gasteiger charge is 2.16. The first kappa shape index (κ1) is 20.7. The van der Waals surface area contributed by atoms with E-state index >= 15 is 0 Å². The minimum Gasteiger partial charge on any atom is -0.493 e. The third kappa shape index (κ3) is 4.77. The van der Waals surface area contributed by atoms with Gasteiger partial charge in [0.2, 0.25) is 0 Å². The van der Waals surface area contributed by atoms with Crippen molar-refractivity contribution in [2.45, 2.75) is 0 Å². The van der Waals surface area contributed by atoms with E-state index in [1.54, 1.807) is 14.2 Å². The van der Waals surface area contributed by atoms with Crippen LogP contribution in [0.25, 0.3) is 10.9 Å². The first-order chi connectivity index (χ1) is 15.2. The summed E-state index contributed by atoms with van der Waals surface area (Å²) >= 11 is 0. The van der Waals surface area contributed by atoms with E-state index in [9.17, 15) is 4.79 Å². The van der Waals surface area contributed by atoms with Crippen molar-refractivity contribution in [1.29, 1.82) is 0 Å². The van der Waals surface area contributed by atoms with Gasteiger partial charge in [0.05, 0.1) is 19.7 Å². The zero-order valence-electron chi connectivity index (χ0n) is 17.6. The Kier molecular flexibility index (Phi) is 6.32. The summed E-state index contributed by atoms with van der Waals surface area (Å²) in [6.07, 6.45) is 1.50. The van der Waals surface area contributed by atoms with Crippen molar-refractivity contribution in [1.82, 2.24) is 20.2 Å². The number of aromatic nitrogens is 2. The second kappa shape index (κ2) is 9.48. The van der Waals surface area contributed by atoms with E-state index in [0.29, 0.717) is 36.2 Å². The number of nitrogens with one attached hydrogen (secondary N) is 2. The molecule has 0 radical (unpaired) electrons. The van der Waals surface area contributed by atoms with Crippen molar-refractivity contribution in [2.24, 2.45) is 0 Å². The van der Waals surface area contributed by atoms with Crippen molar-refractivity contribution in [3.63, 3.8) is 0 Å². The number of piperazine rings is 1. The topological polar surface area (TPSA) is 97.8 Å². The third-order valence-electron chi connectivity index (χ3n) is 5.09. The van der Waals surface area contributed by atoms with E-state index in [1.807, 2.05) is 41.3 Å². The monoisotopic (exact) mass is 423 g/mol. The van der Waals surface area contributed by atoms with Crippen LogP contribution in [0.2, 0.25) is 0 Å². The van der Waals surface area contributed by atoms with Crippen LogP contribution in [0.15, 0.2) is 42.7 Å². The van der Waals surface area contributed by atoms with Gasteiger partial charge < -0.3 is 29.7 Å². The fourth-order valence-electron chi connectivity index (χ4n) is 3.40. The predicted molar refractivity (Wildman–Crippen MR) is 117 cm³/mol. The van der Waals surface area contributed by atoms with Crippen LogP contribution in [-0.2, 0) is 4.79 Å². The number of anilines is 2. The zero-order chi connectivity index (χ0) is 21.6. The van der Waals surface area contributed by atoms with Gasteiger partial charge in [-0.1, -0.05) is 0 Å². The molecule has 0 unspecified atom stereocenters. The van der Waals surface area contributed by atoms with E-state index in [-0.39, 0.29) is 12.5 Å². The molecule has 1 amide bonds. The molecule has 1 aliphatic heterocycles. The maximum absolute atomic E-state index is 12.2. The molecule has 1 aromatic heterocycles. The molecule has 2 aromatic carbocycles. The summed E-state index contributed by atoms with van der Waals surface area (Å²) in [5.41, 5.74) is 1.57. The normalized spacial score (nSPS) is 13.7. The van der Waals surface area contributed by atoms with Gasteiger partial charge in [-0.3, -0.25) is 4.79 Å². The largest absolute Gasteiger partial charge is 0.493 e. The summed E-state index contributed by atoms with van der Waals surface area (Å²) in [6, 6.07) is 11.0. The van der Waals surface area contributed by atoms with Gasteiger partial charge in [0.1, 0.15) is 17.9 Å². The van der Waals surface area contributed by atoms with Crippen LogP contribution >= 0.6 is 0 Å². The average molecular weight is 423 g/mol. The van der Waals surface area contributed by atoms with Crippen LogP contribution in [0.3, 0.4) is 0 Å². The van der Waals surface area contributed by atoms with E-state index in [2.05, 4.69) is 20.6 Å².